The van der Waals surface area contributed by atoms with E-state index in [1.807, 2.05) is 13.8 Å². The van der Waals surface area contributed by atoms with E-state index < -0.39 is 0 Å². The van der Waals surface area contributed by atoms with E-state index in [1.54, 1.807) is 4.57 Å². The normalized spacial score (nSPS) is 10.5. The monoisotopic (exact) mass is 259 g/mol. The Kier molecular flexibility index (Phi) is 5.28. The van der Waals surface area contributed by atoms with Crippen LogP contribution in [0.15, 0.2) is 4.79 Å². The van der Waals surface area contributed by atoms with Crippen molar-refractivity contribution in [2.45, 2.75) is 33.2 Å². The fourth-order valence-corrected chi connectivity index (χ4v) is 1.67. The van der Waals surface area contributed by atoms with E-state index in [1.165, 1.54) is 0 Å². The summed E-state index contributed by atoms with van der Waals surface area (Å²) in [6.45, 7) is 4.69. The van der Waals surface area contributed by atoms with E-state index in [4.69, 9.17) is 11.6 Å². The van der Waals surface area contributed by atoms with Crippen molar-refractivity contribution in [1.82, 2.24) is 14.9 Å². The van der Waals surface area contributed by atoms with E-state index >= 15 is 0 Å². The molecule has 0 radical (unpaired) electrons. The van der Waals surface area contributed by atoms with Gasteiger partial charge in [-0.15, -0.1) is 11.6 Å². The number of nitrogens with zero attached hydrogens (tertiary/aromatic N) is 1. The highest BCUT2D eigenvalue weighted by Gasteiger charge is 2.08. The Balaban J connectivity index is 2.45. The van der Waals surface area contributed by atoms with Crippen LogP contribution < -0.4 is 11.0 Å². The van der Waals surface area contributed by atoms with Crippen LogP contribution in [0.25, 0.3) is 0 Å². The smallest absolute Gasteiger partial charge is 0.325 e. The Labute approximate surface area is 105 Å². The highest BCUT2D eigenvalue weighted by molar-refractivity contribution is 6.17. The number of aromatic nitrogens is 2. The maximum Gasteiger partial charge on any atom is 0.325 e. The van der Waals surface area contributed by atoms with Gasteiger partial charge in [-0.2, -0.15) is 0 Å². The van der Waals surface area contributed by atoms with Crippen molar-refractivity contribution >= 4 is 17.5 Å². The average Bonchev–Trinajstić information content (AvgIpc) is 2.51. The van der Waals surface area contributed by atoms with Crippen LogP contribution in [0, 0.1) is 13.8 Å². The molecule has 1 heterocycles. The first kappa shape index (κ1) is 13.8. The minimum absolute atomic E-state index is 0.0553. The van der Waals surface area contributed by atoms with Crippen LogP contribution in [0.1, 0.15) is 24.2 Å². The third-order valence-corrected chi connectivity index (χ3v) is 2.95. The van der Waals surface area contributed by atoms with Crippen LogP contribution in [-0.2, 0) is 11.3 Å². The van der Waals surface area contributed by atoms with Gasteiger partial charge in [0.1, 0.15) is 0 Å². The molecule has 1 aromatic heterocycles. The predicted octanol–water partition coefficient (Wildman–Crippen LogP) is 0.928. The maximum absolute atomic E-state index is 11.5. The second-order valence-electron chi connectivity index (χ2n) is 3.93. The van der Waals surface area contributed by atoms with Gasteiger partial charge in [-0.1, -0.05) is 0 Å². The van der Waals surface area contributed by atoms with Crippen LogP contribution in [-0.4, -0.2) is 27.9 Å². The largest absolute Gasteiger partial charge is 0.356 e. The number of imidazole rings is 1. The molecule has 0 saturated carbocycles. The van der Waals surface area contributed by atoms with Gasteiger partial charge in [0.05, 0.1) is 0 Å². The van der Waals surface area contributed by atoms with E-state index in [-0.39, 0.29) is 11.6 Å². The van der Waals surface area contributed by atoms with Crippen molar-refractivity contribution in [3.63, 3.8) is 0 Å². The van der Waals surface area contributed by atoms with Crippen molar-refractivity contribution < 1.29 is 4.79 Å². The Morgan fingerprint density at radius 1 is 1.47 bits per heavy atom. The number of aromatic amines is 1. The van der Waals surface area contributed by atoms with Crippen LogP contribution in [0.5, 0.6) is 0 Å². The van der Waals surface area contributed by atoms with E-state index in [0.717, 1.165) is 17.8 Å². The van der Waals surface area contributed by atoms with Gasteiger partial charge in [0.2, 0.25) is 5.91 Å². The number of halogens is 1. The first-order valence-electron chi connectivity index (χ1n) is 5.65. The van der Waals surface area contributed by atoms with Crippen molar-refractivity contribution in [2.24, 2.45) is 0 Å². The first-order valence-corrected chi connectivity index (χ1v) is 6.18. The van der Waals surface area contributed by atoms with Crippen LogP contribution in [0.2, 0.25) is 0 Å². The summed E-state index contributed by atoms with van der Waals surface area (Å²) >= 11 is 5.50. The summed E-state index contributed by atoms with van der Waals surface area (Å²) < 4.78 is 1.58. The number of H-pyrrole nitrogens is 1. The van der Waals surface area contributed by atoms with Gasteiger partial charge in [0.15, 0.2) is 0 Å². The summed E-state index contributed by atoms with van der Waals surface area (Å²) in [4.78, 5) is 25.6. The van der Waals surface area contributed by atoms with Gasteiger partial charge >= 0.3 is 5.69 Å². The molecule has 6 heteroatoms. The Morgan fingerprint density at radius 2 is 2.18 bits per heavy atom. The number of carbonyl (C=O) groups excluding carboxylic acids is 1. The number of aryl methyl sites for hydroxylation is 1. The first-order chi connectivity index (χ1) is 8.06. The highest BCUT2D eigenvalue weighted by Crippen LogP contribution is 2.01. The molecular weight excluding hydrogens is 242 g/mol. The van der Waals surface area contributed by atoms with Gasteiger partial charge in [0.25, 0.3) is 0 Å². The van der Waals surface area contributed by atoms with Gasteiger partial charge < -0.3 is 10.3 Å². The fourth-order valence-electron chi connectivity index (χ4n) is 1.54. The molecule has 2 N–H and O–H groups in total. The van der Waals surface area contributed by atoms with Crippen molar-refractivity contribution in [1.29, 1.82) is 0 Å². The lowest BCUT2D eigenvalue weighted by atomic mass is 10.3. The summed E-state index contributed by atoms with van der Waals surface area (Å²) in [5, 5.41) is 2.75. The van der Waals surface area contributed by atoms with Crippen LogP contribution in [0.4, 0.5) is 0 Å². The molecule has 0 bridgehead atoms. The molecule has 0 aliphatic rings. The molecule has 96 valence electrons. The van der Waals surface area contributed by atoms with E-state index in [0.29, 0.717) is 25.4 Å². The molecule has 17 heavy (non-hydrogen) atoms. The molecule has 0 saturated heterocycles. The van der Waals surface area contributed by atoms with E-state index in [9.17, 15) is 9.59 Å². The topological polar surface area (TPSA) is 66.9 Å². The summed E-state index contributed by atoms with van der Waals surface area (Å²) in [5.74, 6) is 0.482. The van der Waals surface area contributed by atoms with E-state index in [2.05, 4.69) is 10.3 Å². The summed E-state index contributed by atoms with van der Waals surface area (Å²) in [6, 6.07) is 0. The van der Waals surface area contributed by atoms with Gasteiger partial charge in [-0.3, -0.25) is 9.36 Å². The average molecular weight is 260 g/mol. The molecule has 5 nitrogen and oxygen atoms in total. The fraction of sp³-hybridized carbons (Fsp3) is 0.636. The molecule has 0 atom stereocenters. The molecule has 0 fully saturated rings. The van der Waals surface area contributed by atoms with Crippen molar-refractivity contribution in [3.8, 4) is 0 Å². The van der Waals surface area contributed by atoms with Crippen molar-refractivity contribution in [3.05, 3.63) is 21.9 Å². The van der Waals surface area contributed by atoms with Gasteiger partial charge in [0, 0.05) is 36.8 Å². The molecule has 1 aromatic rings. The third kappa shape index (κ3) is 3.93. The van der Waals surface area contributed by atoms with Crippen LogP contribution in [0.3, 0.4) is 0 Å². The predicted molar refractivity (Wildman–Crippen MR) is 67.5 cm³/mol. The lowest BCUT2D eigenvalue weighted by molar-refractivity contribution is -0.121. The Hall–Kier alpha value is -1.23. The zero-order valence-electron chi connectivity index (χ0n) is 10.2. The minimum atomic E-state index is -0.159. The molecule has 0 aliphatic carbocycles. The molecule has 0 spiro atoms. The zero-order valence-corrected chi connectivity index (χ0v) is 10.9. The lowest BCUT2D eigenvalue weighted by Gasteiger charge is -2.05. The number of hydrogen-bond acceptors (Lipinski definition) is 2. The molecule has 0 aliphatic heterocycles. The highest BCUT2D eigenvalue weighted by atomic mass is 35.5. The standard InChI is InChI=1S/C11H18ClN3O2/c1-8-9(2)15(11(17)14-8)7-4-10(16)13-6-3-5-12/h3-7H2,1-2H3,(H,13,16)(H,14,17). The number of amides is 1. The van der Waals surface area contributed by atoms with Crippen molar-refractivity contribution in [2.75, 3.05) is 12.4 Å². The van der Waals surface area contributed by atoms with Gasteiger partial charge in [-0.05, 0) is 20.3 Å². The van der Waals surface area contributed by atoms with Crippen LogP contribution >= 0.6 is 11.6 Å². The number of alkyl halides is 1. The third-order valence-electron chi connectivity index (χ3n) is 2.68. The summed E-state index contributed by atoms with van der Waals surface area (Å²) in [7, 11) is 0. The summed E-state index contributed by atoms with van der Waals surface area (Å²) in [5.41, 5.74) is 1.56. The Bertz CT molecular complexity index is 436. The maximum atomic E-state index is 11.5. The number of nitrogens with one attached hydrogen (secondary N) is 2. The zero-order chi connectivity index (χ0) is 12.8. The molecule has 0 aromatic carbocycles. The molecule has 1 rings (SSSR count). The lowest BCUT2D eigenvalue weighted by Crippen LogP contribution is -2.27. The number of hydrogen-bond donors (Lipinski definition) is 2. The summed E-state index contributed by atoms with van der Waals surface area (Å²) in [6.07, 6.45) is 1.07. The SMILES string of the molecule is Cc1[nH]c(=O)n(CCC(=O)NCCCCl)c1C. The number of rotatable bonds is 6. The Morgan fingerprint density at radius 3 is 2.71 bits per heavy atom. The quantitative estimate of drug-likeness (QED) is 0.590. The second kappa shape index (κ2) is 6.49. The number of carbonyl (C=O) groups is 1. The molecule has 0 unspecified atom stereocenters. The van der Waals surface area contributed by atoms with Gasteiger partial charge in [-0.25, -0.2) is 4.79 Å². The second-order valence-corrected chi connectivity index (χ2v) is 4.31. The molecule has 1 amide bonds. The minimum Gasteiger partial charge on any atom is -0.356 e. The molecular formula is C11H18ClN3O2.